The number of unbranched alkanes of at least 4 members (excludes halogenated alkanes) is 11. The zero-order valence-corrected chi connectivity index (χ0v) is 15.9. The van der Waals surface area contributed by atoms with Gasteiger partial charge in [-0.2, -0.15) is 0 Å². The van der Waals surface area contributed by atoms with Crippen molar-refractivity contribution in [1.82, 2.24) is 0 Å². The Morgan fingerprint density at radius 2 is 1.26 bits per heavy atom. The summed E-state index contributed by atoms with van der Waals surface area (Å²) in [5.74, 6) is -0.218. The molecule has 0 spiro atoms. The Kier molecular flexibility index (Phi) is 17.3. The summed E-state index contributed by atoms with van der Waals surface area (Å²) in [4.78, 5) is 10.8. The van der Waals surface area contributed by atoms with Crippen molar-refractivity contribution in [3.05, 3.63) is 0 Å². The molecule has 0 aromatic heterocycles. The molecule has 0 amide bonds. The maximum Gasteiger partial charge on any atom is 0.302 e. The summed E-state index contributed by atoms with van der Waals surface area (Å²) in [6.45, 7) is 6.80. The largest absolute Gasteiger partial charge is 0.463 e. The fraction of sp³-hybridized carbons (Fsp3) is 0.950. The Bertz CT molecular complexity index is 253. The molecule has 3 heteroatoms. The highest BCUT2D eigenvalue weighted by atomic mass is 16.6. The van der Waals surface area contributed by atoms with Crippen molar-refractivity contribution in [3.63, 3.8) is 0 Å². The van der Waals surface area contributed by atoms with Crippen LogP contribution in [0.2, 0.25) is 0 Å². The number of rotatable bonds is 17. The minimum Gasteiger partial charge on any atom is -0.463 e. The lowest BCUT2D eigenvalue weighted by Gasteiger charge is -2.16. The van der Waals surface area contributed by atoms with Crippen LogP contribution >= 0.6 is 0 Å². The van der Waals surface area contributed by atoms with Crippen LogP contribution in [0.25, 0.3) is 0 Å². The van der Waals surface area contributed by atoms with E-state index < -0.39 is 0 Å². The number of hydrogen-bond donors (Lipinski definition) is 0. The molecule has 0 aromatic carbocycles. The Hall–Kier alpha value is -0.570. The SMILES string of the molecule is CCCCCCCCCCCCCCC(COC(C)=O)OCC. The summed E-state index contributed by atoms with van der Waals surface area (Å²) in [6, 6.07) is 0. The minimum atomic E-state index is -0.218. The van der Waals surface area contributed by atoms with Crippen molar-refractivity contribution in [2.24, 2.45) is 0 Å². The van der Waals surface area contributed by atoms with Gasteiger partial charge in [0.2, 0.25) is 0 Å². The van der Waals surface area contributed by atoms with Gasteiger partial charge < -0.3 is 9.47 Å². The van der Waals surface area contributed by atoms with Gasteiger partial charge in [0.15, 0.2) is 0 Å². The molecular formula is C20H40O3. The summed E-state index contributed by atoms with van der Waals surface area (Å²) >= 11 is 0. The third kappa shape index (κ3) is 17.6. The quantitative estimate of drug-likeness (QED) is 0.241. The van der Waals surface area contributed by atoms with Gasteiger partial charge in [-0.25, -0.2) is 0 Å². The van der Waals surface area contributed by atoms with E-state index in [-0.39, 0.29) is 12.1 Å². The fourth-order valence-corrected chi connectivity index (χ4v) is 2.87. The molecule has 0 fully saturated rings. The monoisotopic (exact) mass is 328 g/mol. The Labute approximate surface area is 144 Å². The van der Waals surface area contributed by atoms with Crippen LogP contribution in [0.3, 0.4) is 0 Å². The first-order valence-corrected chi connectivity index (χ1v) is 9.95. The van der Waals surface area contributed by atoms with Crippen LogP contribution in [0, 0.1) is 0 Å². The van der Waals surface area contributed by atoms with Gasteiger partial charge in [0.05, 0.1) is 6.10 Å². The van der Waals surface area contributed by atoms with Gasteiger partial charge in [-0.05, 0) is 13.3 Å². The lowest BCUT2D eigenvalue weighted by molar-refractivity contribution is -0.145. The van der Waals surface area contributed by atoms with Gasteiger partial charge >= 0.3 is 5.97 Å². The summed E-state index contributed by atoms with van der Waals surface area (Å²) in [5.41, 5.74) is 0. The maximum absolute atomic E-state index is 10.8. The third-order valence-electron chi connectivity index (χ3n) is 4.25. The first-order valence-electron chi connectivity index (χ1n) is 9.95. The molecule has 1 atom stereocenters. The first kappa shape index (κ1) is 22.4. The van der Waals surface area contributed by atoms with E-state index in [1.165, 1.54) is 84.0 Å². The highest BCUT2D eigenvalue weighted by molar-refractivity contribution is 5.65. The topological polar surface area (TPSA) is 35.5 Å². The molecule has 3 nitrogen and oxygen atoms in total. The molecule has 0 aliphatic heterocycles. The summed E-state index contributed by atoms with van der Waals surface area (Å²) in [7, 11) is 0. The predicted octanol–water partition coefficient (Wildman–Crippen LogP) is 6.05. The van der Waals surface area contributed by atoms with Crippen molar-refractivity contribution in [3.8, 4) is 0 Å². The second kappa shape index (κ2) is 17.8. The van der Waals surface area contributed by atoms with Gasteiger partial charge in [-0.15, -0.1) is 0 Å². The van der Waals surface area contributed by atoms with E-state index >= 15 is 0 Å². The van der Waals surface area contributed by atoms with E-state index in [0.717, 1.165) is 6.42 Å². The molecule has 23 heavy (non-hydrogen) atoms. The van der Waals surface area contributed by atoms with Crippen molar-refractivity contribution in [2.45, 2.75) is 110 Å². The normalized spacial score (nSPS) is 12.3. The number of carbonyl (C=O) groups is 1. The highest BCUT2D eigenvalue weighted by Crippen LogP contribution is 2.13. The van der Waals surface area contributed by atoms with E-state index in [9.17, 15) is 4.79 Å². The Morgan fingerprint density at radius 1 is 0.783 bits per heavy atom. The summed E-state index contributed by atoms with van der Waals surface area (Å²) in [5, 5.41) is 0. The van der Waals surface area contributed by atoms with Crippen LogP contribution < -0.4 is 0 Å². The average molecular weight is 329 g/mol. The molecule has 1 unspecified atom stereocenters. The van der Waals surface area contributed by atoms with Crippen LogP contribution in [0.1, 0.15) is 104 Å². The molecule has 0 saturated heterocycles. The first-order chi connectivity index (χ1) is 11.2. The lowest BCUT2D eigenvalue weighted by atomic mass is 10.0. The smallest absolute Gasteiger partial charge is 0.302 e. The second-order valence-electron chi connectivity index (χ2n) is 6.56. The molecule has 0 aliphatic carbocycles. The predicted molar refractivity (Wildman–Crippen MR) is 97.7 cm³/mol. The van der Waals surface area contributed by atoms with E-state index in [1.807, 2.05) is 6.92 Å². The van der Waals surface area contributed by atoms with Crippen LogP contribution in [0.5, 0.6) is 0 Å². The van der Waals surface area contributed by atoms with E-state index in [4.69, 9.17) is 9.47 Å². The van der Waals surface area contributed by atoms with E-state index in [0.29, 0.717) is 13.2 Å². The molecule has 0 aromatic rings. The standard InChI is InChI=1S/C20H40O3/c1-4-6-7-8-9-10-11-12-13-14-15-16-17-20(22-5-2)18-23-19(3)21/h20H,4-18H2,1-3H3. The van der Waals surface area contributed by atoms with Crippen molar-refractivity contribution in [2.75, 3.05) is 13.2 Å². The zero-order valence-electron chi connectivity index (χ0n) is 15.9. The number of ether oxygens (including phenoxy) is 2. The average Bonchev–Trinajstić information content (AvgIpc) is 2.53. The van der Waals surface area contributed by atoms with Gasteiger partial charge in [0.25, 0.3) is 0 Å². The van der Waals surface area contributed by atoms with Crippen molar-refractivity contribution in [1.29, 1.82) is 0 Å². The molecule has 0 N–H and O–H groups in total. The maximum atomic E-state index is 10.8. The summed E-state index contributed by atoms with van der Waals surface area (Å²) in [6.07, 6.45) is 17.4. The number of carbonyl (C=O) groups excluding carboxylic acids is 1. The van der Waals surface area contributed by atoms with Crippen LogP contribution in [-0.4, -0.2) is 25.3 Å². The van der Waals surface area contributed by atoms with Crippen molar-refractivity contribution >= 4 is 5.97 Å². The van der Waals surface area contributed by atoms with E-state index in [1.54, 1.807) is 0 Å². The Balaban J connectivity index is 3.33. The number of hydrogen-bond acceptors (Lipinski definition) is 3. The van der Waals surface area contributed by atoms with Crippen LogP contribution in [-0.2, 0) is 14.3 Å². The zero-order chi connectivity index (χ0) is 17.2. The van der Waals surface area contributed by atoms with E-state index in [2.05, 4.69) is 6.92 Å². The lowest BCUT2D eigenvalue weighted by Crippen LogP contribution is -2.21. The molecule has 0 rings (SSSR count). The molecular weight excluding hydrogens is 288 g/mol. The fourth-order valence-electron chi connectivity index (χ4n) is 2.87. The second-order valence-corrected chi connectivity index (χ2v) is 6.56. The molecule has 0 heterocycles. The molecule has 0 aliphatic rings. The van der Waals surface area contributed by atoms with Gasteiger partial charge in [-0.3, -0.25) is 4.79 Å². The molecule has 0 bridgehead atoms. The Morgan fingerprint density at radius 3 is 1.70 bits per heavy atom. The third-order valence-corrected chi connectivity index (χ3v) is 4.25. The van der Waals surface area contributed by atoms with Crippen LogP contribution in [0.15, 0.2) is 0 Å². The highest BCUT2D eigenvalue weighted by Gasteiger charge is 2.09. The molecule has 0 radical (unpaired) electrons. The van der Waals surface area contributed by atoms with Gasteiger partial charge in [0, 0.05) is 13.5 Å². The minimum absolute atomic E-state index is 0.0759. The van der Waals surface area contributed by atoms with Gasteiger partial charge in [0.1, 0.15) is 6.61 Å². The molecule has 138 valence electrons. The summed E-state index contributed by atoms with van der Waals surface area (Å²) < 4.78 is 10.7. The molecule has 0 saturated carbocycles. The van der Waals surface area contributed by atoms with Crippen molar-refractivity contribution < 1.29 is 14.3 Å². The number of esters is 1. The van der Waals surface area contributed by atoms with Gasteiger partial charge in [-0.1, -0.05) is 84.0 Å². The van der Waals surface area contributed by atoms with Crippen LogP contribution in [0.4, 0.5) is 0 Å².